The van der Waals surface area contributed by atoms with Gasteiger partial charge in [-0.25, -0.2) is 0 Å². The highest BCUT2D eigenvalue weighted by Crippen LogP contribution is 2.34. The molecule has 1 aliphatic rings. The minimum Gasteiger partial charge on any atom is -0.479 e. The van der Waals surface area contributed by atoms with E-state index in [0.717, 1.165) is 5.56 Å². The first-order valence-corrected chi connectivity index (χ1v) is 9.62. The second kappa shape index (κ2) is 9.13. The van der Waals surface area contributed by atoms with E-state index >= 15 is 0 Å². The van der Waals surface area contributed by atoms with E-state index in [1.165, 1.54) is 13.2 Å². The van der Waals surface area contributed by atoms with E-state index < -0.39 is 5.97 Å². The number of esters is 1. The molecule has 0 saturated heterocycles. The van der Waals surface area contributed by atoms with Crippen LogP contribution in [0, 0.1) is 0 Å². The summed E-state index contributed by atoms with van der Waals surface area (Å²) in [6, 6.07) is 16.0. The summed E-state index contributed by atoms with van der Waals surface area (Å²) in [6.45, 7) is 0. The number of ether oxygens (including phenoxy) is 3. The Balaban J connectivity index is 1.37. The van der Waals surface area contributed by atoms with Crippen LogP contribution in [0.1, 0.15) is 28.1 Å². The molecule has 7 heteroatoms. The van der Waals surface area contributed by atoms with Crippen molar-refractivity contribution in [3.8, 4) is 17.4 Å². The van der Waals surface area contributed by atoms with Crippen LogP contribution in [0.2, 0.25) is 0 Å². The number of carbonyl (C=O) groups excluding carboxylic acids is 2. The fourth-order valence-electron chi connectivity index (χ4n) is 2.97. The van der Waals surface area contributed by atoms with E-state index in [1.54, 1.807) is 30.4 Å². The van der Waals surface area contributed by atoms with Crippen molar-refractivity contribution < 1.29 is 28.3 Å². The van der Waals surface area contributed by atoms with Crippen LogP contribution >= 0.6 is 0 Å². The maximum Gasteiger partial charge on any atom is 0.311 e. The molecule has 2 aromatic carbocycles. The zero-order valence-corrected chi connectivity index (χ0v) is 16.7. The molecule has 0 bridgehead atoms. The number of carbonyl (C=O) groups is 2. The molecular weight excluding hydrogens is 398 g/mol. The molecule has 0 saturated carbocycles. The van der Waals surface area contributed by atoms with Crippen molar-refractivity contribution in [3.63, 3.8) is 0 Å². The van der Waals surface area contributed by atoms with Crippen LogP contribution in [-0.4, -0.2) is 24.0 Å². The topological polar surface area (TPSA) is 87.9 Å². The monoisotopic (exact) mass is 417 g/mol. The van der Waals surface area contributed by atoms with Crippen LogP contribution in [0.5, 0.6) is 17.4 Å². The molecule has 0 amide bonds. The highest BCUT2D eigenvalue weighted by atomic mass is 16.5. The molecule has 0 fully saturated rings. The molecule has 156 valence electrons. The Hall–Kier alpha value is -4.13. The van der Waals surface area contributed by atoms with Gasteiger partial charge in [-0.3, -0.25) is 9.59 Å². The van der Waals surface area contributed by atoms with Gasteiger partial charge in [-0.2, -0.15) is 0 Å². The second-order valence-electron chi connectivity index (χ2n) is 6.70. The lowest BCUT2D eigenvalue weighted by molar-refractivity contribution is -0.134. The molecule has 0 unspecified atom stereocenters. The van der Waals surface area contributed by atoms with E-state index in [0.29, 0.717) is 35.1 Å². The molecule has 0 spiro atoms. The molecule has 7 nitrogen and oxygen atoms in total. The van der Waals surface area contributed by atoms with Gasteiger partial charge in [0.05, 0.1) is 19.1 Å². The van der Waals surface area contributed by atoms with Crippen molar-refractivity contribution in [2.45, 2.75) is 12.8 Å². The number of fused-ring (bicyclic) bond motifs is 1. The van der Waals surface area contributed by atoms with Crippen molar-refractivity contribution in [2.24, 2.45) is 0 Å². The summed E-state index contributed by atoms with van der Waals surface area (Å²) in [5.74, 6) is 1.08. The Labute approximate surface area is 178 Å². The quantitative estimate of drug-likeness (QED) is 0.320. The number of rotatable bonds is 7. The average molecular weight is 417 g/mol. The molecule has 1 aliphatic heterocycles. The molecule has 0 atom stereocenters. The first-order chi connectivity index (χ1) is 15.1. The average Bonchev–Trinajstić information content (AvgIpc) is 3.37. The summed E-state index contributed by atoms with van der Waals surface area (Å²) >= 11 is 0. The van der Waals surface area contributed by atoms with Gasteiger partial charge < -0.3 is 18.7 Å². The van der Waals surface area contributed by atoms with Gasteiger partial charge in [0.25, 0.3) is 5.88 Å². The number of ketones is 1. The Kier molecular flexibility index (Phi) is 5.93. The third-order valence-corrected chi connectivity index (χ3v) is 4.53. The third kappa shape index (κ3) is 4.90. The predicted octanol–water partition coefficient (Wildman–Crippen LogP) is 4.39. The van der Waals surface area contributed by atoms with E-state index in [4.69, 9.17) is 18.7 Å². The number of methoxy groups -OCH3 is 1. The molecule has 2 heterocycles. The van der Waals surface area contributed by atoms with Crippen LogP contribution in [0.25, 0.3) is 6.08 Å². The summed E-state index contributed by atoms with van der Waals surface area (Å²) < 4.78 is 21.0. The first-order valence-electron chi connectivity index (χ1n) is 9.62. The van der Waals surface area contributed by atoms with E-state index in [1.807, 2.05) is 36.4 Å². The van der Waals surface area contributed by atoms with Gasteiger partial charge >= 0.3 is 5.97 Å². The second-order valence-corrected chi connectivity index (χ2v) is 6.70. The van der Waals surface area contributed by atoms with Crippen LogP contribution in [-0.2, 0) is 11.2 Å². The number of Topliss-reactive ketones (excluding diaryl/α,β-unsaturated/α-hetero) is 1. The minimum absolute atomic E-state index is 0.102. The highest BCUT2D eigenvalue weighted by molar-refractivity contribution is 6.12. The van der Waals surface area contributed by atoms with Crippen molar-refractivity contribution in [2.75, 3.05) is 7.11 Å². The number of hydrogen-bond acceptors (Lipinski definition) is 7. The van der Waals surface area contributed by atoms with Crippen molar-refractivity contribution in [3.05, 3.63) is 89.4 Å². The molecule has 4 rings (SSSR count). The van der Waals surface area contributed by atoms with Crippen LogP contribution < -0.4 is 14.2 Å². The van der Waals surface area contributed by atoms with Crippen LogP contribution in [0.3, 0.4) is 0 Å². The number of aryl methyl sites for hydroxylation is 1. The summed E-state index contributed by atoms with van der Waals surface area (Å²) in [5, 5.41) is 3.68. The Morgan fingerprint density at radius 1 is 1.13 bits per heavy atom. The van der Waals surface area contributed by atoms with Gasteiger partial charge in [-0.05, 0) is 28.9 Å². The molecule has 0 N–H and O–H groups in total. The van der Waals surface area contributed by atoms with Gasteiger partial charge in [0.15, 0.2) is 5.76 Å². The lowest BCUT2D eigenvalue weighted by atomic mass is 10.1. The zero-order valence-electron chi connectivity index (χ0n) is 16.7. The van der Waals surface area contributed by atoms with Gasteiger partial charge in [0.2, 0.25) is 5.78 Å². The van der Waals surface area contributed by atoms with Crippen LogP contribution in [0.15, 0.2) is 77.0 Å². The Bertz CT molecular complexity index is 1160. The van der Waals surface area contributed by atoms with E-state index in [-0.39, 0.29) is 18.0 Å². The number of allylic oxidation sites excluding steroid dienone is 3. The predicted molar refractivity (Wildman–Crippen MR) is 112 cm³/mol. The molecule has 0 radical (unpaired) electrons. The van der Waals surface area contributed by atoms with Gasteiger partial charge in [0.1, 0.15) is 17.3 Å². The standard InChI is InChI=1S/C24H19NO6/c1-28-22-15-18(31-25-22)11-13-23(26)29-17-10-12-19-21(14-17)30-20(24(19)27)9-5-8-16-6-3-2-4-7-16/h2-10,12,14-15H,11,13H2,1H3/b8-5+,20-9-. The largest absolute Gasteiger partial charge is 0.479 e. The molecule has 1 aromatic heterocycles. The summed E-state index contributed by atoms with van der Waals surface area (Å²) in [4.78, 5) is 24.6. The number of nitrogens with zero attached hydrogens (tertiary/aromatic N) is 1. The molecule has 31 heavy (non-hydrogen) atoms. The SMILES string of the molecule is COc1cc(CCC(=O)Oc2ccc3c(c2)O/C(=C\C=C\c2ccccc2)C3=O)on1. The number of hydrogen-bond donors (Lipinski definition) is 0. The van der Waals surface area contributed by atoms with Gasteiger partial charge in [-0.1, -0.05) is 42.5 Å². The van der Waals surface area contributed by atoms with E-state index in [9.17, 15) is 9.59 Å². The summed E-state index contributed by atoms with van der Waals surface area (Å²) in [5.41, 5.74) is 1.44. The minimum atomic E-state index is -0.443. The highest BCUT2D eigenvalue weighted by Gasteiger charge is 2.27. The third-order valence-electron chi connectivity index (χ3n) is 4.53. The fourth-order valence-corrected chi connectivity index (χ4v) is 2.97. The molecule has 3 aromatic rings. The molecule has 0 aliphatic carbocycles. The van der Waals surface area contributed by atoms with Gasteiger partial charge in [0, 0.05) is 18.6 Å². The van der Waals surface area contributed by atoms with Crippen LogP contribution in [0.4, 0.5) is 0 Å². The lowest BCUT2D eigenvalue weighted by Gasteiger charge is -2.05. The van der Waals surface area contributed by atoms with Gasteiger partial charge in [-0.15, -0.1) is 0 Å². The van der Waals surface area contributed by atoms with E-state index in [2.05, 4.69) is 5.16 Å². The molecular formula is C24H19NO6. The number of aromatic nitrogens is 1. The Morgan fingerprint density at radius 3 is 2.74 bits per heavy atom. The zero-order chi connectivity index (χ0) is 21.6. The number of benzene rings is 2. The summed E-state index contributed by atoms with van der Waals surface area (Å²) in [6.07, 6.45) is 5.69. The maximum absolute atomic E-state index is 12.5. The van der Waals surface area contributed by atoms with Crippen molar-refractivity contribution in [1.29, 1.82) is 0 Å². The Morgan fingerprint density at radius 2 is 1.97 bits per heavy atom. The lowest BCUT2D eigenvalue weighted by Crippen LogP contribution is -2.08. The maximum atomic E-state index is 12.5. The normalized spacial score (nSPS) is 14.0. The smallest absolute Gasteiger partial charge is 0.311 e. The van der Waals surface area contributed by atoms with Crippen molar-refractivity contribution >= 4 is 17.8 Å². The fraction of sp³-hybridized carbons (Fsp3) is 0.125. The van der Waals surface area contributed by atoms with Crippen molar-refractivity contribution in [1.82, 2.24) is 5.16 Å². The first kappa shape index (κ1) is 20.2. The summed E-state index contributed by atoms with van der Waals surface area (Å²) in [7, 11) is 1.48.